The molecule has 0 aliphatic rings. The Labute approximate surface area is 230 Å². The zero-order valence-corrected chi connectivity index (χ0v) is 21.7. The van der Waals surface area contributed by atoms with Gasteiger partial charge in [0.15, 0.2) is 0 Å². The second-order valence-electron chi connectivity index (χ2n) is 9.37. The molecule has 0 spiro atoms. The van der Waals surface area contributed by atoms with Gasteiger partial charge in [-0.15, -0.1) is 30.0 Å². The molecule has 0 unspecified atom stereocenters. The molecule has 2 N–H and O–H groups in total. The number of hydrogen-bond acceptors (Lipinski definition) is 8. The summed E-state index contributed by atoms with van der Waals surface area (Å²) in [6, 6.07) is 25.4. The SMILES string of the molecule is Oc1cc(OCCCCCCOc2ccc(-n3nc4ccccc4n3)c(O)c2)ccc1-n1nc2ccccc2n1. The number of unbranched alkanes of at least 4 members (excludes halogenated alkanes) is 3. The van der Waals surface area contributed by atoms with Crippen LogP contribution in [0, 0.1) is 0 Å². The van der Waals surface area contributed by atoms with Crippen molar-refractivity contribution in [2.45, 2.75) is 25.7 Å². The van der Waals surface area contributed by atoms with Crippen LogP contribution in [0.1, 0.15) is 25.7 Å². The molecule has 0 aliphatic heterocycles. The Hall–Kier alpha value is -5.12. The Kier molecular flexibility index (Phi) is 7.12. The Morgan fingerprint density at radius 3 is 1.23 bits per heavy atom. The summed E-state index contributed by atoms with van der Waals surface area (Å²) < 4.78 is 11.6. The lowest BCUT2D eigenvalue weighted by molar-refractivity contribution is 0.286. The largest absolute Gasteiger partial charge is 0.505 e. The summed E-state index contributed by atoms with van der Waals surface area (Å²) in [7, 11) is 0. The predicted octanol–water partition coefficient (Wildman–Crippen LogP) is 5.58. The lowest BCUT2D eigenvalue weighted by Crippen LogP contribution is -2.02. The molecular weight excluding hydrogens is 508 g/mol. The summed E-state index contributed by atoms with van der Waals surface area (Å²) in [6.45, 7) is 1.10. The molecule has 0 bridgehead atoms. The molecule has 6 aromatic rings. The lowest BCUT2D eigenvalue weighted by Gasteiger charge is -2.10. The molecule has 2 aromatic heterocycles. The third-order valence-corrected chi connectivity index (χ3v) is 6.47. The van der Waals surface area contributed by atoms with Crippen LogP contribution in [0.2, 0.25) is 0 Å². The van der Waals surface area contributed by atoms with Crippen molar-refractivity contribution in [3.63, 3.8) is 0 Å². The van der Waals surface area contributed by atoms with E-state index >= 15 is 0 Å². The van der Waals surface area contributed by atoms with E-state index in [1.54, 1.807) is 24.3 Å². The molecule has 0 saturated heterocycles. The first-order chi connectivity index (χ1) is 19.6. The Morgan fingerprint density at radius 1 is 0.500 bits per heavy atom. The van der Waals surface area contributed by atoms with Crippen molar-refractivity contribution in [1.82, 2.24) is 30.0 Å². The zero-order valence-electron chi connectivity index (χ0n) is 21.7. The Balaban J connectivity index is 0.912. The van der Waals surface area contributed by atoms with Gasteiger partial charge in [-0.1, -0.05) is 24.3 Å². The van der Waals surface area contributed by atoms with E-state index in [9.17, 15) is 10.2 Å². The fraction of sp³-hybridized carbons (Fsp3) is 0.200. The van der Waals surface area contributed by atoms with E-state index < -0.39 is 0 Å². The molecule has 10 nitrogen and oxygen atoms in total. The van der Waals surface area contributed by atoms with E-state index in [1.807, 2.05) is 60.7 Å². The second-order valence-corrected chi connectivity index (χ2v) is 9.37. The van der Waals surface area contributed by atoms with Gasteiger partial charge in [-0.25, -0.2) is 0 Å². The van der Waals surface area contributed by atoms with Crippen LogP contribution in [0.4, 0.5) is 0 Å². The highest BCUT2D eigenvalue weighted by Gasteiger charge is 2.11. The molecule has 6 rings (SSSR count). The third kappa shape index (κ3) is 5.51. The van der Waals surface area contributed by atoms with Crippen LogP contribution in [0.3, 0.4) is 0 Å². The van der Waals surface area contributed by atoms with Gasteiger partial charge in [0.25, 0.3) is 0 Å². The number of rotatable bonds is 11. The first-order valence-electron chi connectivity index (χ1n) is 13.2. The molecule has 40 heavy (non-hydrogen) atoms. The average Bonchev–Trinajstić information content (AvgIpc) is 3.59. The van der Waals surface area contributed by atoms with Crippen LogP contribution < -0.4 is 9.47 Å². The van der Waals surface area contributed by atoms with Crippen molar-refractivity contribution in [2.75, 3.05) is 13.2 Å². The van der Waals surface area contributed by atoms with Gasteiger partial charge in [0, 0.05) is 12.1 Å². The fourth-order valence-corrected chi connectivity index (χ4v) is 4.40. The number of hydrogen-bond donors (Lipinski definition) is 2. The van der Waals surface area contributed by atoms with Crippen molar-refractivity contribution < 1.29 is 19.7 Å². The molecule has 202 valence electrons. The number of fused-ring (bicyclic) bond motifs is 2. The van der Waals surface area contributed by atoms with Gasteiger partial charge in [0.05, 0.1) is 13.2 Å². The van der Waals surface area contributed by atoms with Crippen molar-refractivity contribution in [3.05, 3.63) is 84.9 Å². The highest BCUT2D eigenvalue weighted by atomic mass is 16.5. The van der Waals surface area contributed by atoms with Gasteiger partial charge < -0.3 is 19.7 Å². The van der Waals surface area contributed by atoms with E-state index in [4.69, 9.17) is 9.47 Å². The molecule has 0 fully saturated rings. The quantitative estimate of drug-likeness (QED) is 0.206. The van der Waals surface area contributed by atoms with Gasteiger partial charge in [0.2, 0.25) is 0 Å². The number of benzene rings is 4. The molecule has 0 amide bonds. The number of phenols is 2. The first-order valence-corrected chi connectivity index (χ1v) is 13.2. The maximum Gasteiger partial charge on any atom is 0.146 e. The minimum Gasteiger partial charge on any atom is -0.505 e. The minimum atomic E-state index is 0.0586. The molecule has 0 radical (unpaired) electrons. The molecule has 0 aliphatic carbocycles. The Bertz CT molecular complexity index is 1570. The predicted molar refractivity (Wildman–Crippen MR) is 151 cm³/mol. The van der Waals surface area contributed by atoms with Crippen molar-refractivity contribution in [3.8, 4) is 34.4 Å². The number of phenolic OH excluding ortho intramolecular Hbond substituents is 2. The Morgan fingerprint density at radius 2 is 0.875 bits per heavy atom. The van der Waals surface area contributed by atoms with Gasteiger partial charge in [0.1, 0.15) is 56.4 Å². The monoisotopic (exact) mass is 536 g/mol. The van der Waals surface area contributed by atoms with E-state index in [1.165, 1.54) is 9.59 Å². The van der Waals surface area contributed by atoms with Gasteiger partial charge in [-0.05, 0) is 74.2 Å². The fourth-order valence-electron chi connectivity index (χ4n) is 4.40. The number of ether oxygens (including phenoxy) is 2. The third-order valence-electron chi connectivity index (χ3n) is 6.47. The van der Waals surface area contributed by atoms with Crippen molar-refractivity contribution in [2.24, 2.45) is 0 Å². The zero-order chi connectivity index (χ0) is 27.3. The number of nitrogens with zero attached hydrogens (tertiary/aromatic N) is 6. The van der Waals surface area contributed by atoms with Crippen LogP contribution in [-0.4, -0.2) is 53.4 Å². The van der Waals surface area contributed by atoms with Crippen molar-refractivity contribution in [1.29, 1.82) is 0 Å². The highest BCUT2D eigenvalue weighted by Crippen LogP contribution is 2.28. The molecule has 0 saturated carbocycles. The van der Waals surface area contributed by atoms with E-state index in [-0.39, 0.29) is 11.5 Å². The highest BCUT2D eigenvalue weighted by molar-refractivity contribution is 5.74. The van der Waals surface area contributed by atoms with E-state index in [0.717, 1.165) is 47.8 Å². The second kappa shape index (κ2) is 11.3. The van der Waals surface area contributed by atoms with Crippen molar-refractivity contribution >= 4 is 22.1 Å². The standard InChI is InChI=1S/C30H28N6O4/c37-29-19-21(13-15-27(29)35-31-23-9-3-4-10-24(23)32-35)39-17-7-1-2-8-18-40-22-14-16-28(30(38)20-22)36-33-25-11-5-6-12-26(25)34-36/h3-6,9-16,19-20,37-38H,1-2,7-8,17-18H2. The molecule has 2 heterocycles. The number of aromatic nitrogens is 6. The van der Waals surface area contributed by atoms with Crippen LogP contribution in [0.5, 0.6) is 23.0 Å². The first kappa shape index (κ1) is 25.2. The molecule has 4 aromatic carbocycles. The summed E-state index contributed by atoms with van der Waals surface area (Å²) in [4.78, 5) is 2.86. The normalized spacial score (nSPS) is 11.3. The van der Waals surface area contributed by atoms with Crippen LogP contribution in [0.25, 0.3) is 33.4 Å². The van der Waals surface area contributed by atoms with Crippen LogP contribution in [0.15, 0.2) is 84.9 Å². The summed E-state index contributed by atoms with van der Waals surface area (Å²) in [5.41, 5.74) is 4.05. The van der Waals surface area contributed by atoms with E-state index in [0.29, 0.717) is 36.1 Å². The topological polar surface area (TPSA) is 120 Å². The maximum atomic E-state index is 10.5. The lowest BCUT2D eigenvalue weighted by atomic mass is 10.2. The van der Waals surface area contributed by atoms with Gasteiger partial charge in [-0.2, -0.15) is 0 Å². The molecular formula is C30H28N6O4. The van der Waals surface area contributed by atoms with Crippen LogP contribution >= 0.6 is 0 Å². The van der Waals surface area contributed by atoms with Crippen LogP contribution in [-0.2, 0) is 0 Å². The summed E-state index contributed by atoms with van der Waals surface area (Å²) in [5.74, 6) is 1.32. The minimum absolute atomic E-state index is 0.0586. The smallest absolute Gasteiger partial charge is 0.146 e. The maximum absolute atomic E-state index is 10.5. The summed E-state index contributed by atoms with van der Waals surface area (Å²) in [5, 5.41) is 38.6. The summed E-state index contributed by atoms with van der Waals surface area (Å²) in [6.07, 6.45) is 3.74. The molecule has 0 atom stereocenters. The number of aromatic hydroxyl groups is 2. The summed E-state index contributed by atoms with van der Waals surface area (Å²) >= 11 is 0. The average molecular weight is 537 g/mol. The van der Waals surface area contributed by atoms with Gasteiger partial charge >= 0.3 is 0 Å². The molecule has 10 heteroatoms. The van der Waals surface area contributed by atoms with E-state index in [2.05, 4.69) is 20.4 Å². The van der Waals surface area contributed by atoms with Gasteiger partial charge in [-0.3, -0.25) is 0 Å².